The Hall–Kier alpha value is -2.49. The van der Waals surface area contributed by atoms with Crippen molar-refractivity contribution < 1.29 is 19.1 Å². The molecular weight excluding hydrogens is 448 g/mol. The monoisotopic (exact) mass is 472 g/mol. The standard InChI is InChI=1S/C23H24N2O5S2/c1-3-16-7-9-20(32-16)19(26)13-31-23-24-18-11-14(22(28)29-2)6-8-17(18)21(27)25(23)12-15-5-4-10-30-15/h6-9,11,15H,3-5,10,12-13H2,1-2H3. The van der Waals surface area contributed by atoms with Gasteiger partial charge in [0.2, 0.25) is 0 Å². The first-order chi connectivity index (χ1) is 15.5. The molecule has 0 radical (unpaired) electrons. The van der Waals surface area contributed by atoms with Crippen molar-refractivity contribution in [1.82, 2.24) is 9.55 Å². The number of aryl methyl sites for hydroxylation is 1. The minimum absolute atomic E-state index is 0.000948. The second-order valence-electron chi connectivity index (χ2n) is 7.50. The van der Waals surface area contributed by atoms with Gasteiger partial charge in [0.1, 0.15) is 0 Å². The van der Waals surface area contributed by atoms with Gasteiger partial charge in [-0.05, 0) is 49.6 Å². The number of rotatable bonds is 8. The van der Waals surface area contributed by atoms with Crippen LogP contribution < -0.4 is 5.56 Å². The van der Waals surface area contributed by atoms with E-state index >= 15 is 0 Å². The van der Waals surface area contributed by atoms with E-state index in [1.54, 1.807) is 22.8 Å². The molecule has 1 aromatic carbocycles. The fourth-order valence-corrected chi connectivity index (χ4v) is 5.50. The molecule has 168 valence electrons. The van der Waals surface area contributed by atoms with Gasteiger partial charge in [-0.3, -0.25) is 14.2 Å². The number of hydrogen-bond donors (Lipinski definition) is 0. The average Bonchev–Trinajstić information content (AvgIpc) is 3.50. The summed E-state index contributed by atoms with van der Waals surface area (Å²) in [6.07, 6.45) is 2.67. The Kier molecular flexibility index (Phi) is 7.07. The van der Waals surface area contributed by atoms with E-state index in [0.29, 0.717) is 39.7 Å². The molecule has 7 nitrogen and oxygen atoms in total. The van der Waals surface area contributed by atoms with Crippen LogP contribution in [-0.2, 0) is 22.4 Å². The number of carbonyl (C=O) groups excluding carboxylic acids is 2. The van der Waals surface area contributed by atoms with Crippen LogP contribution in [-0.4, -0.2) is 46.9 Å². The summed E-state index contributed by atoms with van der Waals surface area (Å²) < 4.78 is 12.1. The minimum atomic E-state index is -0.494. The zero-order chi connectivity index (χ0) is 22.7. The molecule has 4 rings (SSSR count). The summed E-state index contributed by atoms with van der Waals surface area (Å²) in [4.78, 5) is 44.5. The Balaban J connectivity index is 1.68. The van der Waals surface area contributed by atoms with E-state index < -0.39 is 5.97 Å². The maximum atomic E-state index is 13.3. The lowest BCUT2D eigenvalue weighted by Crippen LogP contribution is -2.29. The van der Waals surface area contributed by atoms with E-state index in [9.17, 15) is 14.4 Å². The summed E-state index contributed by atoms with van der Waals surface area (Å²) >= 11 is 2.73. The third-order valence-electron chi connectivity index (χ3n) is 5.37. The first-order valence-electron chi connectivity index (χ1n) is 10.5. The molecule has 1 unspecified atom stereocenters. The number of esters is 1. The fourth-order valence-electron chi connectivity index (χ4n) is 3.63. The molecule has 0 N–H and O–H groups in total. The van der Waals surface area contributed by atoms with E-state index in [2.05, 4.69) is 11.9 Å². The molecule has 1 aliphatic rings. The molecule has 1 saturated heterocycles. The fraction of sp³-hybridized carbons (Fsp3) is 0.391. The number of fused-ring (bicyclic) bond motifs is 1. The second kappa shape index (κ2) is 9.97. The molecule has 1 atom stereocenters. The Morgan fingerprint density at radius 3 is 2.84 bits per heavy atom. The van der Waals surface area contributed by atoms with Gasteiger partial charge in [-0.2, -0.15) is 0 Å². The molecule has 3 heterocycles. The van der Waals surface area contributed by atoms with Crippen LogP contribution in [0.4, 0.5) is 0 Å². The highest BCUT2D eigenvalue weighted by Gasteiger charge is 2.22. The maximum absolute atomic E-state index is 13.3. The molecule has 3 aromatic rings. The number of ketones is 1. The molecule has 0 amide bonds. The molecule has 0 bridgehead atoms. The number of methoxy groups -OCH3 is 1. The Morgan fingerprint density at radius 2 is 2.16 bits per heavy atom. The molecule has 2 aromatic heterocycles. The predicted octanol–water partition coefficient (Wildman–Crippen LogP) is 3.96. The lowest BCUT2D eigenvalue weighted by Gasteiger charge is -2.16. The lowest BCUT2D eigenvalue weighted by molar-refractivity contribution is 0.0600. The Bertz CT molecular complexity index is 1210. The van der Waals surface area contributed by atoms with Gasteiger partial charge in [0.05, 0.1) is 46.9 Å². The number of carbonyl (C=O) groups is 2. The topological polar surface area (TPSA) is 87.5 Å². The van der Waals surface area contributed by atoms with E-state index in [-0.39, 0.29) is 23.2 Å². The highest BCUT2D eigenvalue weighted by atomic mass is 32.2. The number of nitrogens with zero attached hydrogens (tertiary/aromatic N) is 2. The number of hydrogen-bond acceptors (Lipinski definition) is 8. The SMILES string of the molecule is CCc1ccc(C(=O)CSc2nc3cc(C(=O)OC)ccc3c(=O)n2CC2CCCO2)s1. The van der Waals surface area contributed by atoms with Gasteiger partial charge in [0, 0.05) is 11.5 Å². The second-order valence-corrected chi connectivity index (χ2v) is 9.61. The van der Waals surface area contributed by atoms with Crippen LogP contribution in [0.2, 0.25) is 0 Å². The summed E-state index contributed by atoms with van der Waals surface area (Å²) in [5, 5.41) is 0.859. The van der Waals surface area contributed by atoms with Crippen molar-refractivity contribution in [3.8, 4) is 0 Å². The number of thioether (sulfide) groups is 1. The molecule has 0 spiro atoms. The van der Waals surface area contributed by atoms with Crippen molar-refractivity contribution in [2.75, 3.05) is 19.5 Å². The smallest absolute Gasteiger partial charge is 0.337 e. The van der Waals surface area contributed by atoms with Gasteiger partial charge in [-0.15, -0.1) is 11.3 Å². The van der Waals surface area contributed by atoms with Gasteiger partial charge in [0.25, 0.3) is 5.56 Å². The average molecular weight is 473 g/mol. The van der Waals surface area contributed by atoms with Crippen LogP contribution in [0.5, 0.6) is 0 Å². The molecular formula is C23H24N2O5S2. The lowest BCUT2D eigenvalue weighted by atomic mass is 10.1. The molecule has 1 fully saturated rings. The van der Waals surface area contributed by atoms with Crippen LogP contribution in [0.25, 0.3) is 10.9 Å². The van der Waals surface area contributed by atoms with Crippen molar-refractivity contribution in [2.45, 2.75) is 44.0 Å². The highest BCUT2D eigenvalue weighted by Crippen LogP contribution is 2.24. The summed E-state index contributed by atoms with van der Waals surface area (Å²) in [6.45, 7) is 3.12. The summed E-state index contributed by atoms with van der Waals surface area (Å²) in [6, 6.07) is 8.53. The van der Waals surface area contributed by atoms with Crippen molar-refractivity contribution in [1.29, 1.82) is 0 Å². The zero-order valence-corrected chi connectivity index (χ0v) is 19.6. The van der Waals surface area contributed by atoms with Crippen LogP contribution in [0.3, 0.4) is 0 Å². The first-order valence-corrected chi connectivity index (χ1v) is 12.3. The molecule has 0 saturated carbocycles. The third-order valence-corrected chi connectivity index (χ3v) is 7.62. The molecule has 9 heteroatoms. The third kappa shape index (κ3) is 4.79. The quantitative estimate of drug-likeness (QED) is 0.212. The van der Waals surface area contributed by atoms with Crippen molar-refractivity contribution in [3.05, 3.63) is 56.0 Å². The first kappa shape index (κ1) is 22.7. The van der Waals surface area contributed by atoms with Crippen molar-refractivity contribution >= 4 is 45.8 Å². The predicted molar refractivity (Wildman–Crippen MR) is 125 cm³/mol. The van der Waals surface area contributed by atoms with Crippen LogP contribution in [0, 0.1) is 0 Å². The summed E-state index contributed by atoms with van der Waals surface area (Å²) in [5.41, 5.74) is 0.517. The van der Waals surface area contributed by atoms with Gasteiger partial charge in [-0.25, -0.2) is 9.78 Å². The number of Topliss-reactive ketones (excluding diaryl/α,β-unsaturated/α-hetero) is 1. The van der Waals surface area contributed by atoms with Crippen molar-refractivity contribution in [3.63, 3.8) is 0 Å². The van der Waals surface area contributed by atoms with Crippen molar-refractivity contribution in [2.24, 2.45) is 0 Å². The van der Waals surface area contributed by atoms with E-state index in [0.717, 1.165) is 24.1 Å². The van der Waals surface area contributed by atoms with E-state index in [4.69, 9.17) is 9.47 Å². The Morgan fingerprint density at radius 1 is 1.31 bits per heavy atom. The minimum Gasteiger partial charge on any atom is -0.465 e. The number of ether oxygens (including phenoxy) is 2. The van der Waals surface area contributed by atoms with Crippen LogP contribution in [0.1, 0.15) is 44.7 Å². The normalized spacial score (nSPS) is 15.9. The van der Waals surface area contributed by atoms with Gasteiger partial charge >= 0.3 is 5.97 Å². The molecule has 1 aliphatic heterocycles. The van der Waals surface area contributed by atoms with Crippen LogP contribution in [0.15, 0.2) is 40.3 Å². The largest absolute Gasteiger partial charge is 0.465 e. The summed E-state index contributed by atoms with van der Waals surface area (Å²) in [7, 11) is 1.31. The summed E-state index contributed by atoms with van der Waals surface area (Å²) in [5.74, 6) is -0.323. The van der Waals surface area contributed by atoms with E-state index in [1.807, 2.05) is 12.1 Å². The van der Waals surface area contributed by atoms with Crippen LogP contribution >= 0.6 is 23.1 Å². The highest BCUT2D eigenvalue weighted by molar-refractivity contribution is 7.99. The Labute approximate surface area is 193 Å². The van der Waals surface area contributed by atoms with Gasteiger partial charge < -0.3 is 9.47 Å². The van der Waals surface area contributed by atoms with Gasteiger partial charge in [-0.1, -0.05) is 18.7 Å². The van der Waals surface area contributed by atoms with E-state index in [1.165, 1.54) is 30.2 Å². The number of aromatic nitrogens is 2. The number of benzene rings is 1. The maximum Gasteiger partial charge on any atom is 0.337 e. The zero-order valence-electron chi connectivity index (χ0n) is 18.0. The van der Waals surface area contributed by atoms with Gasteiger partial charge in [0.15, 0.2) is 10.9 Å². The molecule has 32 heavy (non-hydrogen) atoms. The number of thiophene rings is 1. The molecule has 0 aliphatic carbocycles.